The number of hydrogen-bond acceptors (Lipinski definition) is 1. The first-order valence-corrected chi connectivity index (χ1v) is 10.3. The van der Waals surface area contributed by atoms with Crippen LogP contribution in [0.25, 0.3) is 0 Å². The molecule has 1 nitrogen and oxygen atoms in total. The van der Waals surface area contributed by atoms with Gasteiger partial charge in [0.25, 0.3) is 0 Å². The van der Waals surface area contributed by atoms with E-state index in [1.165, 1.54) is 17.5 Å². The van der Waals surface area contributed by atoms with Gasteiger partial charge in [-0.15, -0.1) is 0 Å². The van der Waals surface area contributed by atoms with Crippen molar-refractivity contribution in [2.75, 3.05) is 13.3 Å². The Morgan fingerprint density at radius 3 is 2.47 bits per heavy atom. The van der Waals surface area contributed by atoms with Crippen LogP contribution in [0.4, 0.5) is 0 Å². The van der Waals surface area contributed by atoms with Gasteiger partial charge in [-0.1, -0.05) is 39.8 Å². The molecule has 0 saturated heterocycles. The van der Waals surface area contributed by atoms with Crippen LogP contribution >= 0.6 is 7.49 Å². The summed E-state index contributed by atoms with van der Waals surface area (Å²) in [7, 11) is -1.18. The van der Waals surface area contributed by atoms with Crippen molar-refractivity contribution in [2.45, 2.75) is 58.7 Å². The van der Waals surface area contributed by atoms with Gasteiger partial charge in [-0.3, -0.25) is 0 Å². The molecule has 1 unspecified atom stereocenters. The highest BCUT2D eigenvalue weighted by atomic mass is 31.2. The summed E-state index contributed by atoms with van der Waals surface area (Å²) in [6.07, 6.45) is 2.35. The average Bonchev–Trinajstić information content (AvgIpc) is 2.35. The minimum absolute atomic E-state index is 0.607. The van der Waals surface area contributed by atoms with Gasteiger partial charge in [-0.2, -0.15) is 0 Å². The highest BCUT2D eigenvalue weighted by Gasteiger charge is 2.35. The summed E-state index contributed by atoms with van der Waals surface area (Å²) < 4.78 is 6.11. The molecule has 0 N–H and O–H groups in total. The lowest BCUT2D eigenvalue weighted by Gasteiger charge is -2.29. The van der Waals surface area contributed by atoms with E-state index in [2.05, 4.69) is 53.2 Å². The largest absolute Gasteiger partial charge is 0.234 e. The monoisotopic (exact) mass is 279 g/mol. The summed E-state index contributed by atoms with van der Waals surface area (Å²) in [5, 5.41) is 0. The van der Waals surface area contributed by atoms with Gasteiger partial charge in [0.1, 0.15) is 20.3 Å². The zero-order valence-electron chi connectivity index (χ0n) is 13.3. The summed E-state index contributed by atoms with van der Waals surface area (Å²) >= 11 is 0. The van der Waals surface area contributed by atoms with Crippen LogP contribution in [0.15, 0.2) is 12.1 Å². The maximum Gasteiger partial charge on any atom is 0.144 e. The molecule has 0 radical (unpaired) electrons. The van der Waals surface area contributed by atoms with Gasteiger partial charge in [0.05, 0.1) is 13.3 Å². The molecule has 0 amide bonds. The lowest BCUT2D eigenvalue weighted by Crippen LogP contribution is -2.14. The highest BCUT2D eigenvalue weighted by molar-refractivity contribution is 7.69. The van der Waals surface area contributed by atoms with E-state index in [0.717, 1.165) is 12.8 Å². The minimum atomic E-state index is -1.18. The van der Waals surface area contributed by atoms with E-state index in [1.807, 2.05) is 0 Å². The first kappa shape index (κ1) is 15.0. The van der Waals surface area contributed by atoms with E-state index < -0.39 is 7.49 Å². The van der Waals surface area contributed by atoms with Gasteiger partial charge in [0.15, 0.2) is 0 Å². The summed E-state index contributed by atoms with van der Waals surface area (Å²) in [5.41, 5.74) is 6.09. The van der Waals surface area contributed by atoms with Gasteiger partial charge in [-0.05, 0) is 34.9 Å². The molecule has 1 aromatic carbocycles. The topological polar surface area (TPSA) is 9.23 Å². The van der Waals surface area contributed by atoms with E-state index in [-0.39, 0.29) is 0 Å². The molecule has 0 spiro atoms. The molecule has 0 aliphatic carbocycles. The summed E-state index contributed by atoms with van der Waals surface area (Å²) in [5.74, 6) is 1.25. The van der Waals surface area contributed by atoms with Gasteiger partial charge < -0.3 is 0 Å². The molecule has 1 heterocycles. The molecule has 0 bridgehead atoms. The Morgan fingerprint density at radius 2 is 1.89 bits per heavy atom. The lowest BCUT2D eigenvalue weighted by molar-refractivity contribution is 0.322. The molecule has 19 heavy (non-hydrogen) atoms. The smallest absolute Gasteiger partial charge is 0.144 e. The molecule has 1 atom stereocenters. The van der Waals surface area contributed by atoms with Crippen LogP contribution < -0.4 is 0 Å². The van der Waals surface area contributed by atoms with Crippen molar-refractivity contribution in [3.05, 3.63) is 34.4 Å². The Bertz CT molecular complexity index is 463. The third-order valence-electron chi connectivity index (χ3n) is 4.31. The normalized spacial score (nSPS) is 19.3. The maximum atomic E-state index is 6.11. The zero-order valence-corrected chi connectivity index (χ0v) is 14.2. The molecule has 0 saturated carbocycles. The van der Waals surface area contributed by atoms with E-state index >= 15 is 0 Å². The molecule has 106 valence electrons. The van der Waals surface area contributed by atoms with Crippen LogP contribution in [0.2, 0.25) is 0 Å². The number of rotatable bonds is 3. The second-order valence-electron chi connectivity index (χ2n) is 6.72. The molecular formula is C17H28OP+. The van der Waals surface area contributed by atoms with Crippen molar-refractivity contribution >= 4 is 7.49 Å². The first-order chi connectivity index (χ1) is 8.84. The van der Waals surface area contributed by atoms with E-state index in [4.69, 9.17) is 4.52 Å². The Balaban J connectivity index is 2.50. The molecule has 2 heteroatoms. The summed E-state index contributed by atoms with van der Waals surface area (Å²) in [6.45, 7) is 14.7. The van der Waals surface area contributed by atoms with E-state index in [9.17, 15) is 0 Å². The third kappa shape index (κ3) is 3.20. The fraction of sp³-hybridized carbons (Fsp3) is 0.647. The molecule has 1 aromatic rings. The Hall–Kier alpha value is -0.390. The van der Waals surface area contributed by atoms with Gasteiger partial charge in [-0.25, -0.2) is 4.52 Å². The second-order valence-corrected chi connectivity index (χ2v) is 10.4. The van der Waals surface area contributed by atoms with Crippen LogP contribution in [0, 0.1) is 0 Å². The van der Waals surface area contributed by atoms with E-state index in [1.54, 1.807) is 11.1 Å². The second kappa shape index (κ2) is 5.54. The predicted octanol–water partition coefficient (Wildman–Crippen LogP) is 5.55. The summed E-state index contributed by atoms with van der Waals surface area (Å²) in [4.78, 5) is 0. The number of benzene rings is 1. The van der Waals surface area contributed by atoms with Crippen molar-refractivity contribution in [3.63, 3.8) is 0 Å². The van der Waals surface area contributed by atoms with Crippen molar-refractivity contribution in [1.29, 1.82) is 0 Å². The Labute approximate surface area is 119 Å². The van der Waals surface area contributed by atoms with Crippen molar-refractivity contribution in [1.82, 2.24) is 0 Å². The number of fused-ring (bicyclic) bond motifs is 1. The Kier molecular flexibility index (Phi) is 4.38. The van der Waals surface area contributed by atoms with E-state index in [0.29, 0.717) is 11.8 Å². The minimum Gasteiger partial charge on any atom is -0.234 e. The van der Waals surface area contributed by atoms with Crippen molar-refractivity contribution in [3.8, 4) is 0 Å². The molecule has 1 aliphatic heterocycles. The molecular weight excluding hydrogens is 251 g/mol. The summed E-state index contributed by atoms with van der Waals surface area (Å²) in [6, 6.07) is 4.86. The van der Waals surface area contributed by atoms with Crippen molar-refractivity contribution < 1.29 is 4.52 Å². The van der Waals surface area contributed by atoms with Gasteiger partial charge in [0, 0.05) is 5.56 Å². The van der Waals surface area contributed by atoms with Crippen LogP contribution in [-0.2, 0) is 17.3 Å². The van der Waals surface area contributed by atoms with Gasteiger partial charge >= 0.3 is 0 Å². The maximum absolute atomic E-state index is 6.11. The predicted molar refractivity (Wildman–Crippen MR) is 86.5 cm³/mol. The lowest BCUT2D eigenvalue weighted by atomic mass is 9.87. The molecule has 2 rings (SSSR count). The van der Waals surface area contributed by atoms with Gasteiger partial charge in [0.2, 0.25) is 0 Å². The zero-order chi connectivity index (χ0) is 14.2. The quantitative estimate of drug-likeness (QED) is 0.659. The standard InChI is InChI=1S/C17H28OP/c1-7-13(4)14-8-15-10-18-19(5,6)11-17(15)16(9-14)12(2)3/h8-9,12-13H,7,10-11H2,1-6H3/q+1. The fourth-order valence-electron chi connectivity index (χ4n) is 2.81. The van der Waals surface area contributed by atoms with Crippen molar-refractivity contribution in [2.24, 2.45) is 0 Å². The fourth-order valence-corrected chi connectivity index (χ4v) is 4.54. The molecule has 0 aromatic heterocycles. The van der Waals surface area contributed by atoms with Crippen LogP contribution in [0.5, 0.6) is 0 Å². The molecule has 0 fully saturated rings. The van der Waals surface area contributed by atoms with Crippen LogP contribution in [-0.4, -0.2) is 13.3 Å². The van der Waals surface area contributed by atoms with Crippen LogP contribution in [0.3, 0.4) is 0 Å². The highest BCUT2D eigenvalue weighted by Crippen LogP contribution is 2.60. The SMILES string of the molecule is CCC(C)c1cc2c(c(C(C)C)c1)C[P+](C)(C)OC2. The molecule has 1 aliphatic rings. The third-order valence-corrected chi connectivity index (χ3v) is 6.22. The number of hydrogen-bond donors (Lipinski definition) is 0. The van der Waals surface area contributed by atoms with Crippen LogP contribution in [0.1, 0.15) is 68.2 Å². The first-order valence-electron chi connectivity index (χ1n) is 7.47. The average molecular weight is 279 g/mol. The Morgan fingerprint density at radius 1 is 1.21 bits per heavy atom.